The van der Waals surface area contributed by atoms with Crippen molar-refractivity contribution in [2.45, 2.75) is 26.2 Å². The second kappa shape index (κ2) is 10.4. The van der Waals surface area contributed by atoms with E-state index in [0.29, 0.717) is 6.42 Å². The van der Waals surface area contributed by atoms with Crippen LogP contribution in [-0.4, -0.2) is 50.0 Å². The summed E-state index contributed by atoms with van der Waals surface area (Å²) < 4.78 is 35.0. The van der Waals surface area contributed by atoms with Gasteiger partial charge in [-0.15, -0.1) is 11.3 Å². The van der Waals surface area contributed by atoms with Crippen LogP contribution < -0.4 is 9.64 Å². The molecule has 0 amide bonds. The van der Waals surface area contributed by atoms with Crippen LogP contribution in [0.5, 0.6) is 5.75 Å². The number of hydrogen-bond acceptors (Lipinski definition) is 5. The van der Waals surface area contributed by atoms with Crippen LogP contribution in [0.4, 0.5) is 14.5 Å². The summed E-state index contributed by atoms with van der Waals surface area (Å²) in [4.78, 5) is 16.5. The number of halogens is 2. The van der Waals surface area contributed by atoms with E-state index in [4.69, 9.17) is 4.74 Å². The number of ether oxygens (including phenoxy) is 1. The SMILES string of the molecule is CCC(=O)c1cc(F)c(OCCCCN2CCN(c3cccc4ccsc34)CC2)c(F)c1. The third kappa shape index (κ3) is 5.10. The van der Waals surface area contributed by atoms with E-state index in [0.717, 1.165) is 51.3 Å². The van der Waals surface area contributed by atoms with Gasteiger partial charge in [-0.2, -0.15) is 0 Å². The minimum Gasteiger partial charge on any atom is -0.488 e. The number of Topliss-reactive ketones (excluding diaryl/α,β-unsaturated/α-hetero) is 1. The molecule has 2 aromatic carbocycles. The molecule has 0 saturated carbocycles. The van der Waals surface area contributed by atoms with Crippen molar-refractivity contribution in [2.24, 2.45) is 0 Å². The monoisotopic (exact) mass is 458 g/mol. The number of thiophene rings is 1. The van der Waals surface area contributed by atoms with Crippen LogP contribution in [-0.2, 0) is 0 Å². The molecule has 1 aliphatic heterocycles. The average molecular weight is 459 g/mol. The number of fused-ring (bicyclic) bond motifs is 1. The number of rotatable bonds is 9. The summed E-state index contributed by atoms with van der Waals surface area (Å²) in [6.07, 6.45) is 1.82. The highest BCUT2D eigenvalue weighted by Crippen LogP contribution is 2.32. The number of hydrogen-bond donors (Lipinski definition) is 0. The topological polar surface area (TPSA) is 32.8 Å². The number of benzene rings is 2. The first-order chi connectivity index (χ1) is 15.6. The maximum atomic E-state index is 14.1. The molecule has 4 rings (SSSR count). The van der Waals surface area contributed by atoms with Crippen molar-refractivity contribution in [1.29, 1.82) is 0 Å². The third-order valence-electron chi connectivity index (χ3n) is 5.93. The fourth-order valence-corrected chi connectivity index (χ4v) is 5.05. The van der Waals surface area contributed by atoms with E-state index >= 15 is 0 Å². The van der Waals surface area contributed by atoms with Gasteiger partial charge in [0.25, 0.3) is 0 Å². The van der Waals surface area contributed by atoms with Gasteiger partial charge in [-0.1, -0.05) is 19.1 Å². The number of carbonyl (C=O) groups excluding carboxylic acids is 1. The molecule has 0 N–H and O–H groups in total. The molecule has 0 atom stereocenters. The summed E-state index contributed by atoms with van der Waals surface area (Å²) in [5.74, 6) is -2.33. The Morgan fingerprint density at radius 2 is 1.81 bits per heavy atom. The van der Waals surface area contributed by atoms with E-state index in [-0.39, 0.29) is 24.4 Å². The summed E-state index contributed by atoms with van der Waals surface area (Å²) in [6, 6.07) is 10.8. The molecule has 1 aliphatic rings. The number of nitrogens with zero attached hydrogens (tertiary/aromatic N) is 2. The van der Waals surface area contributed by atoms with E-state index < -0.39 is 17.4 Å². The fourth-order valence-electron chi connectivity index (χ4n) is 4.11. The summed E-state index contributed by atoms with van der Waals surface area (Å²) >= 11 is 1.79. The van der Waals surface area contributed by atoms with Gasteiger partial charge >= 0.3 is 0 Å². The Kier molecular flexibility index (Phi) is 7.37. The van der Waals surface area contributed by atoms with Gasteiger partial charge in [0.2, 0.25) is 0 Å². The zero-order valence-electron chi connectivity index (χ0n) is 18.3. The highest BCUT2D eigenvalue weighted by Gasteiger charge is 2.19. The van der Waals surface area contributed by atoms with Gasteiger partial charge in [-0.05, 0) is 54.4 Å². The smallest absolute Gasteiger partial charge is 0.190 e. The van der Waals surface area contributed by atoms with Gasteiger partial charge < -0.3 is 9.64 Å². The molecule has 1 fully saturated rings. The van der Waals surface area contributed by atoms with E-state index in [1.165, 1.54) is 15.8 Å². The van der Waals surface area contributed by atoms with Gasteiger partial charge in [0, 0.05) is 38.2 Å². The molecular formula is C25H28F2N2O2S. The van der Waals surface area contributed by atoms with Gasteiger partial charge in [0.15, 0.2) is 23.2 Å². The van der Waals surface area contributed by atoms with Crippen LogP contribution in [0.25, 0.3) is 10.1 Å². The summed E-state index contributed by atoms with van der Waals surface area (Å²) in [6.45, 7) is 6.83. The Hall–Kier alpha value is -2.51. The van der Waals surface area contributed by atoms with Crippen LogP contribution in [0.1, 0.15) is 36.5 Å². The average Bonchev–Trinajstić information content (AvgIpc) is 3.29. The molecule has 0 unspecified atom stereocenters. The van der Waals surface area contributed by atoms with Gasteiger partial charge in [-0.3, -0.25) is 9.69 Å². The molecule has 4 nitrogen and oxygen atoms in total. The fraction of sp³-hybridized carbons (Fsp3) is 0.400. The summed E-state index contributed by atoms with van der Waals surface area (Å²) in [5.41, 5.74) is 1.37. The third-order valence-corrected chi connectivity index (χ3v) is 6.88. The molecule has 170 valence electrons. The molecular weight excluding hydrogens is 430 g/mol. The predicted molar refractivity (Wildman–Crippen MR) is 126 cm³/mol. The Morgan fingerprint density at radius 3 is 2.53 bits per heavy atom. The van der Waals surface area contributed by atoms with E-state index in [9.17, 15) is 13.6 Å². The standard InChI is InChI=1S/C25H28F2N2O2S/c1-2-23(30)19-16-20(26)24(21(27)17-19)31-14-4-3-9-28-10-12-29(13-11-28)22-7-5-6-18-8-15-32-25(18)22/h5-8,15-17H,2-4,9-14H2,1H3. The lowest BCUT2D eigenvalue weighted by atomic mass is 10.1. The molecule has 1 aromatic heterocycles. The van der Waals surface area contributed by atoms with Crippen LogP contribution >= 0.6 is 11.3 Å². The quantitative estimate of drug-likeness (QED) is 0.302. The van der Waals surface area contributed by atoms with Gasteiger partial charge in [0.05, 0.1) is 17.0 Å². The van der Waals surface area contributed by atoms with Gasteiger partial charge in [-0.25, -0.2) is 8.78 Å². The molecule has 0 radical (unpaired) electrons. The van der Waals surface area contributed by atoms with Crippen molar-refractivity contribution < 1.29 is 18.3 Å². The molecule has 0 spiro atoms. The minimum atomic E-state index is -0.821. The lowest BCUT2D eigenvalue weighted by Gasteiger charge is -2.36. The zero-order valence-corrected chi connectivity index (χ0v) is 19.1. The zero-order chi connectivity index (χ0) is 22.5. The van der Waals surface area contributed by atoms with Crippen LogP contribution in [0.3, 0.4) is 0 Å². The van der Waals surface area contributed by atoms with Crippen molar-refractivity contribution in [3.63, 3.8) is 0 Å². The van der Waals surface area contributed by atoms with E-state index in [2.05, 4.69) is 39.4 Å². The molecule has 0 bridgehead atoms. The first-order valence-corrected chi connectivity index (χ1v) is 12.0. The molecule has 3 aromatic rings. The Bertz CT molecular complexity index is 1050. The Morgan fingerprint density at radius 1 is 1.06 bits per heavy atom. The summed E-state index contributed by atoms with van der Waals surface area (Å²) in [5, 5.41) is 3.44. The molecule has 7 heteroatoms. The Labute approximate surface area is 191 Å². The normalized spacial score (nSPS) is 14.8. The largest absolute Gasteiger partial charge is 0.488 e. The second-order valence-corrected chi connectivity index (χ2v) is 8.96. The van der Waals surface area contributed by atoms with Crippen molar-refractivity contribution in [3.8, 4) is 5.75 Å². The lowest BCUT2D eigenvalue weighted by Crippen LogP contribution is -2.46. The number of anilines is 1. The first kappa shape index (κ1) is 22.7. The number of carbonyl (C=O) groups is 1. The van der Waals surface area contributed by atoms with Crippen molar-refractivity contribution in [1.82, 2.24) is 4.90 Å². The van der Waals surface area contributed by atoms with Crippen molar-refractivity contribution in [2.75, 3.05) is 44.2 Å². The molecule has 1 saturated heterocycles. The van der Waals surface area contributed by atoms with E-state index in [1.807, 2.05) is 0 Å². The highest BCUT2D eigenvalue weighted by atomic mass is 32.1. The van der Waals surface area contributed by atoms with Crippen LogP contribution in [0.2, 0.25) is 0 Å². The van der Waals surface area contributed by atoms with Crippen molar-refractivity contribution in [3.05, 3.63) is 59.0 Å². The van der Waals surface area contributed by atoms with Crippen molar-refractivity contribution >= 4 is 32.9 Å². The van der Waals surface area contributed by atoms with E-state index in [1.54, 1.807) is 18.3 Å². The lowest BCUT2D eigenvalue weighted by molar-refractivity contribution is 0.0987. The van der Waals surface area contributed by atoms with Crippen LogP contribution in [0, 0.1) is 11.6 Å². The predicted octanol–water partition coefficient (Wildman–Crippen LogP) is 5.75. The highest BCUT2D eigenvalue weighted by molar-refractivity contribution is 7.17. The van der Waals surface area contributed by atoms with Gasteiger partial charge in [0.1, 0.15) is 0 Å². The maximum Gasteiger partial charge on any atom is 0.190 e. The summed E-state index contributed by atoms with van der Waals surface area (Å²) in [7, 11) is 0. The number of ketones is 1. The minimum absolute atomic E-state index is 0.0457. The maximum absolute atomic E-state index is 14.1. The molecule has 0 aliphatic carbocycles. The first-order valence-electron chi connectivity index (χ1n) is 11.2. The number of unbranched alkanes of at least 4 members (excludes halogenated alkanes) is 1. The number of piperazine rings is 1. The Balaban J connectivity index is 1.20. The molecule has 32 heavy (non-hydrogen) atoms. The van der Waals surface area contributed by atoms with Crippen LogP contribution in [0.15, 0.2) is 41.8 Å². The molecule has 2 heterocycles. The second-order valence-electron chi connectivity index (χ2n) is 8.05.